The second-order valence-corrected chi connectivity index (χ2v) is 7.36. The van der Waals surface area contributed by atoms with Gasteiger partial charge in [-0.2, -0.15) is 0 Å². The molecule has 3 aromatic rings. The smallest absolute Gasteiger partial charge is 0.235 e. The standard InChI is InChI=1S/C26H24N2O2/c29-25(27-20-12-4-1-5-13-20)23-18-10-11-19-24(23)26(30)28(21-14-6-2-7-15-21)22-16-8-3-9-17-22/h1-17,23-24H,18-19H2,(H,27,29)/t23-,24-/m1/s1. The lowest BCUT2D eigenvalue weighted by atomic mass is 9.81. The first-order valence-corrected chi connectivity index (χ1v) is 10.2. The molecule has 0 saturated carbocycles. The maximum Gasteiger partial charge on any atom is 0.235 e. The molecule has 2 atom stereocenters. The van der Waals surface area contributed by atoms with Gasteiger partial charge in [0, 0.05) is 17.1 Å². The molecule has 1 aliphatic carbocycles. The molecule has 0 radical (unpaired) electrons. The summed E-state index contributed by atoms with van der Waals surface area (Å²) in [5, 5.41) is 2.97. The monoisotopic (exact) mass is 396 g/mol. The molecule has 0 fully saturated rings. The molecule has 2 amide bonds. The molecule has 4 heteroatoms. The van der Waals surface area contributed by atoms with Gasteiger partial charge in [-0.1, -0.05) is 66.7 Å². The molecule has 4 rings (SSSR count). The first-order valence-electron chi connectivity index (χ1n) is 10.2. The van der Waals surface area contributed by atoms with Crippen molar-refractivity contribution in [1.29, 1.82) is 0 Å². The van der Waals surface area contributed by atoms with Crippen LogP contribution in [0.25, 0.3) is 0 Å². The summed E-state index contributed by atoms with van der Waals surface area (Å²) in [6.45, 7) is 0. The Bertz CT molecular complexity index is 977. The lowest BCUT2D eigenvalue weighted by Crippen LogP contribution is -2.41. The zero-order valence-electron chi connectivity index (χ0n) is 16.6. The van der Waals surface area contributed by atoms with E-state index >= 15 is 0 Å². The van der Waals surface area contributed by atoms with Crippen LogP contribution >= 0.6 is 0 Å². The minimum absolute atomic E-state index is 0.0649. The van der Waals surface area contributed by atoms with Gasteiger partial charge in [0.25, 0.3) is 0 Å². The van der Waals surface area contributed by atoms with Crippen molar-refractivity contribution in [1.82, 2.24) is 0 Å². The van der Waals surface area contributed by atoms with Crippen LogP contribution in [0.3, 0.4) is 0 Å². The number of anilines is 3. The van der Waals surface area contributed by atoms with E-state index in [1.165, 1.54) is 0 Å². The molecule has 0 bridgehead atoms. The number of hydrogen-bond donors (Lipinski definition) is 1. The van der Waals surface area contributed by atoms with Crippen molar-refractivity contribution in [2.45, 2.75) is 12.8 Å². The normalized spacial score (nSPS) is 17.9. The first kappa shape index (κ1) is 19.6. The fourth-order valence-corrected chi connectivity index (χ4v) is 3.86. The third-order valence-electron chi connectivity index (χ3n) is 5.38. The zero-order chi connectivity index (χ0) is 20.8. The van der Waals surface area contributed by atoms with E-state index < -0.39 is 11.8 Å². The summed E-state index contributed by atoms with van der Waals surface area (Å²) in [6, 6.07) is 28.6. The van der Waals surface area contributed by atoms with Gasteiger partial charge in [-0.05, 0) is 49.2 Å². The van der Waals surface area contributed by atoms with E-state index in [-0.39, 0.29) is 11.8 Å². The lowest BCUT2D eigenvalue weighted by molar-refractivity contribution is -0.130. The minimum atomic E-state index is -0.431. The molecule has 4 nitrogen and oxygen atoms in total. The average molecular weight is 396 g/mol. The molecule has 3 aromatic carbocycles. The molecule has 30 heavy (non-hydrogen) atoms. The number of para-hydroxylation sites is 3. The summed E-state index contributed by atoms with van der Waals surface area (Å²) in [4.78, 5) is 28.6. The highest BCUT2D eigenvalue weighted by Crippen LogP contribution is 2.34. The molecule has 0 aliphatic heterocycles. The molecular formula is C26H24N2O2. The molecular weight excluding hydrogens is 372 g/mol. The zero-order valence-corrected chi connectivity index (χ0v) is 16.6. The number of nitrogens with zero attached hydrogens (tertiary/aromatic N) is 1. The van der Waals surface area contributed by atoms with Crippen molar-refractivity contribution in [3.05, 3.63) is 103 Å². The number of carbonyl (C=O) groups excluding carboxylic acids is 2. The third kappa shape index (κ3) is 4.33. The summed E-state index contributed by atoms with van der Waals surface area (Å²) >= 11 is 0. The largest absolute Gasteiger partial charge is 0.326 e. The van der Waals surface area contributed by atoms with Gasteiger partial charge in [-0.25, -0.2) is 0 Å². The van der Waals surface area contributed by atoms with Gasteiger partial charge in [0.1, 0.15) is 0 Å². The average Bonchev–Trinajstić information content (AvgIpc) is 2.81. The third-order valence-corrected chi connectivity index (χ3v) is 5.38. The molecule has 1 N–H and O–H groups in total. The van der Waals surface area contributed by atoms with Crippen LogP contribution in [0.2, 0.25) is 0 Å². The van der Waals surface area contributed by atoms with Crippen LogP contribution in [0.4, 0.5) is 17.1 Å². The molecule has 1 aliphatic rings. The highest BCUT2D eigenvalue weighted by Gasteiger charge is 2.37. The summed E-state index contributed by atoms with van der Waals surface area (Å²) in [6.07, 6.45) is 5.09. The van der Waals surface area contributed by atoms with E-state index in [1.54, 1.807) is 4.90 Å². The topological polar surface area (TPSA) is 49.4 Å². The van der Waals surface area contributed by atoms with E-state index in [0.29, 0.717) is 12.8 Å². The number of amides is 2. The first-order chi connectivity index (χ1) is 14.7. The Morgan fingerprint density at radius 3 is 1.67 bits per heavy atom. The maximum absolute atomic E-state index is 13.8. The SMILES string of the molecule is O=C(Nc1ccccc1)[C@@H]1CC=CC[C@H]1C(=O)N(c1ccccc1)c1ccccc1. The minimum Gasteiger partial charge on any atom is -0.326 e. The predicted octanol–water partition coefficient (Wildman–Crippen LogP) is 5.57. The Hall–Kier alpha value is -3.66. The van der Waals surface area contributed by atoms with Crippen molar-refractivity contribution in [2.75, 3.05) is 10.2 Å². The highest BCUT2D eigenvalue weighted by atomic mass is 16.2. The van der Waals surface area contributed by atoms with Crippen molar-refractivity contribution in [3.63, 3.8) is 0 Å². The highest BCUT2D eigenvalue weighted by molar-refractivity contribution is 6.05. The number of benzene rings is 3. The van der Waals surface area contributed by atoms with Crippen molar-refractivity contribution >= 4 is 28.9 Å². The summed E-state index contributed by atoms with van der Waals surface area (Å²) in [5.74, 6) is -1.04. The van der Waals surface area contributed by atoms with Gasteiger partial charge in [-0.15, -0.1) is 0 Å². The number of allylic oxidation sites excluding steroid dienone is 2. The summed E-state index contributed by atoms with van der Waals surface area (Å²) in [5.41, 5.74) is 2.34. The van der Waals surface area contributed by atoms with E-state index in [4.69, 9.17) is 0 Å². The van der Waals surface area contributed by atoms with E-state index in [9.17, 15) is 9.59 Å². The van der Waals surface area contributed by atoms with Crippen LogP contribution in [0.15, 0.2) is 103 Å². The number of nitrogens with one attached hydrogen (secondary N) is 1. The van der Waals surface area contributed by atoms with Crippen LogP contribution in [-0.2, 0) is 9.59 Å². The van der Waals surface area contributed by atoms with Crippen LogP contribution in [-0.4, -0.2) is 11.8 Å². The molecule has 0 spiro atoms. The Morgan fingerprint density at radius 2 is 1.13 bits per heavy atom. The van der Waals surface area contributed by atoms with Crippen molar-refractivity contribution < 1.29 is 9.59 Å². The second kappa shape index (κ2) is 9.23. The molecule has 150 valence electrons. The Balaban J connectivity index is 1.64. The van der Waals surface area contributed by atoms with E-state index in [0.717, 1.165) is 17.1 Å². The fraction of sp³-hybridized carbons (Fsp3) is 0.154. The van der Waals surface area contributed by atoms with Crippen molar-refractivity contribution in [2.24, 2.45) is 11.8 Å². The van der Waals surface area contributed by atoms with Crippen LogP contribution in [0.1, 0.15) is 12.8 Å². The van der Waals surface area contributed by atoms with Gasteiger partial charge in [0.05, 0.1) is 11.8 Å². The molecule has 0 saturated heterocycles. The Kier molecular flexibility index (Phi) is 6.04. The van der Waals surface area contributed by atoms with E-state index in [2.05, 4.69) is 5.32 Å². The molecule has 0 heterocycles. The van der Waals surface area contributed by atoms with Gasteiger partial charge in [0.2, 0.25) is 11.8 Å². The lowest BCUT2D eigenvalue weighted by Gasteiger charge is -2.32. The summed E-state index contributed by atoms with van der Waals surface area (Å²) in [7, 11) is 0. The van der Waals surface area contributed by atoms with Crippen molar-refractivity contribution in [3.8, 4) is 0 Å². The molecule has 0 aromatic heterocycles. The fourth-order valence-electron chi connectivity index (χ4n) is 3.86. The summed E-state index contributed by atoms with van der Waals surface area (Å²) < 4.78 is 0. The number of rotatable bonds is 5. The Morgan fingerprint density at radius 1 is 0.667 bits per heavy atom. The maximum atomic E-state index is 13.8. The van der Waals surface area contributed by atoms with Gasteiger partial charge < -0.3 is 5.32 Å². The second-order valence-electron chi connectivity index (χ2n) is 7.36. The van der Waals surface area contributed by atoms with E-state index in [1.807, 2.05) is 103 Å². The predicted molar refractivity (Wildman–Crippen MR) is 120 cm³/mol. The van der Waals surface area contributed by atoms with Crippen LogP contribution < -0.4 is 10.2 Å². The number of carbonyl (C=O) groups is 2. The Labute approximate surface area is 176 Å². The van der Waals surface area contributed by atoms with Crippen LogP contribution in [0.5, 0.6) is 0 Å². The number of hydrogen-bond acceptors (Lipinski definition) is 2. The molecule has 0 unspecified atom stereocenters. The van der Waals surface area contributed by atoms with Gasteiger partial charge >= 0.3 is 0 Å². The van der Waals surface area contributed by atoms with Gasteiger partial charge in [0.15, 0.2) is 0 Å². The quantitative estimate of drug-likeness (QED) is 0.573. The van der Waals surface area contributed by atoms with Gasteiger partial charge in [-0.3, -0.25) is 14.5 Å². The van der Waals surface area contributed by atoms with Crippen LogP contribution in [0, 0.1) is 11.8 Å².